The molecule has 2 atom stereocenters. The molecular weight excluding hydrogens is 218 g/mol. The number of carbonyl (C=O) groups excluding carboxylic acids is 1. The van der Waals surface area contributed by atoms with E-state index >= 15 is 0 Å². The molecule has 4 nitrogen and oxygen atoms in total. The highest BCUT2D eigenvalue weighted by Gasteiger charge is 2.40. The average Bonchev–Trinajstić information content (AvgIpc) is 2.92. The largest absolute Gasteiger partial charge is 0.459 e. The zero-order valence-electron chi connectivity index (χ0n) is 11.0. The normalized spacial score (nSPS) is 29.4. The second-order valence-corrected chi connectivity index (χ2v) is 6.04. The van der Waals surface area contributed by atoms with E-state index in [0.29, 0.717) is 18.1 Å². The van der Waals surface area contributed by atoms with Crippen LogP contribution in [0, 0.1) is 5.92 Å². The Kier molecular flexibility index (Phi) is 3.73. The first-order chi connectivity index (χ1) is 7.96. The highest BCUT2D eigenvalue weighted by molar-refractivity contribution is 5.72. The molecule has 1 N–H and O–H groups in total. The molecule has 0 aromatic carbocycles. The van der Waals surface area contributed by atoms with E-state index in [9.17, 15) is 4.79 Å². The highest BCUT2D eigenvalue weighted by atomic mass is 16.6. The van der Waals surface area contributed by atoms with Gasteiger partial charge in [0.15, 0.2) is 0 Å². The molecule has 17 heavy (non-hydrogen) atoms. The second-order valence-electron chi connectivity index (χ2n) is 6.04. The molecule has 1 heterocycles. The number of nitrogens with one attached hydrogen (secondary N) is 1. The first-order valence-electron chi connectivity index (χ1n) is 6.52. The summed E-state index contributed by atoms with van der Waals surface area (Å²) in [6.07, 6.45) is 3.87. The number of esters is 1. The van der Waals surface area contributed by atoms with Crippen LogP contribution < -0.4 is 5.32 Å². The van der Waals surface area contributed by atoms with Gasteiger partial charge in [0.2, 0.25) is 0 Å². The van der Waals surface area contributed by atoms with Crippen LogP contribution in [-0.2, 0) is 14.3 Å². The van der Waals surface area contributed by atoms with E-state index in [-0.39, 0.29) is 12.5 Å². The van der Waals surface area contributed by atoms with Crippen LogP contribution in [0.2, 0.25) is 0 Å². The summed E-state index contributed by atoms with van der Waals surface area (Å²) in [5, 5.41) is 3.28. The smallest absolute Gasteiger partial charge is 0.320 e. The summed E-state index contributed by atoms with van der Waals surface area (Å²) in [5.41, 5.74) is -0.402. The Hall–Kier alpha value is -0.610. The van der Waals surface area contributed by atoms with Gasteiger partial charge >= 0.3 is 5.97 Å². The van der Waals surface area contributed by atoms with Crippen molar-refractivity contribution in [1.29, 1.82) is 0 Å². The second kappa shape index (κ2) is 4.94. The van der Waals surface area contributed by atoms with Crippen molar-refractivity contribution in [3.05, 3.63) is 0 Å². The lowest BCUT2D eigenvalue weighted by Gasteiger charge is -2.22. The molecule has 0 radical (unpaired) electrons. The van der Waals surface area contributed by atoms with E-state index in [1.165, 1.54) is 12.8 Å². The van der Waals surface area contributed by atoms with Crippen molar-refractivity contribution in [2.45, 2.75) is 57.8 Å². The first kappa shape index (κ1) is 12.8. The molecule has 1 aliphatic heterocycles. The minimum absolute atomic E-state index is 0.182. The maximum Gasteiger partial charge on any atom is 0.320 e. The molecule has 2 aliphatic rings. The van der Waals surface area contributed by atoms with Gasteiger partial charge in [0, 0.05) is 12.6 Å². The van der Waals surface area contributed by atoms with Gasteiger partial charge in [0.05, 0.1) is 12.6 Å². The zero-order valence-corrected chi connectivity index (χ0v) is 11.0. The summed E-state index contributed by atoms with van der Waals surface area (Å²) in [5.74, 6) is 0.535. The van der Waals surface area contributed by atoms with E-state index in [4.69, 9.17) is 9.47 Å². The maximum atomic E-state index is 11.6. The predicted molar refractivity (Wildman–Crippen MR) is 64.7 cm³/mol. The Morgan fingerprint density at radius 1 is 1.35 bits per heavy atom. The van der Waals surface area contributed by atoms with Gasteiger partial charge in [-0.3, -0.25) is 4.79 Å². The van der Waals surface area contributed by atoms with E-state index in [1.54, 1.807) is 0 Å². The number of rotatable bonds is 4. The SMILES string of the molecule is CC(C)(C)OC(=O)CNC1CCOC1C1CC1. The summed E-state index contributed by atoms with van der Waals surface area (Å²) < 4.78 is 11.0. The first-order valence-corrected chi connectivity index (χ1v) is 6.52. The molecule has 1 saturated heterocycles. The quantitative estimate of drug-likeness (QED) is 0.757. The lowest BCUT2D eigenvalue weighted by molar-refractivity contribution is -0.153. The van der Waals surface area contributed by atoms with E-state index in [1.807, 2.05) is 20.8 Å². The van der Waals surface area contributed by atoms with Crippen LogP contribution in [0.5, 0.6) is 0 Å². The molecule has 1 aliphatic carbocycles. The van der Waals surface area contributed by atoms with Crippen molar-refractivity contribution in [2.24, 2.45) is 5.92 Å². The van der Waals surface area contributed by atoms with Crippen LogP contribution in [0.3, 0.4) is 0 Å². The van der Waals surface area contributed by atoms with Crippen LogP contribution >= 0.6 is 0 Å². The lowest BCUT2D eigenvalue weighted by Crippen LogP contribution is -2.42. The van der Waals surface area contributed by atoms with Crippen molar-refractivity contribution in [3.8, 4) is 0 Å². The molecule has 0 aromatic rings. The summed E-state index contributed by atoms with van der Waals surface area (Å²) in [7, 11) is 0. The molecule has 2 rings (SSSR count). The Morgan fingerprint density at radius 2 is 2.06 bits per heavy atom. The fourth-order valence-electron chi connectivity index (χ4n) is 2.31. The fourth-order valence-corrected chi connectivity index (χ4v) is 2.31. The van der Waals surface area contributed by atoms with Gasteiger partial charge in [-0.2, -0.15) is 0 Å². The fraction of sp³-hybridized carbons (Fsp3) is 0.923. The van der Waals surface area contributed by atoms with E-state index in [2.05, 4.69) is 5.32 Å². The number of hydrogen-bond acceptors (Lipinski definition) is 4. The summed E-state index contributed by atoms with van der Waals surface area (Å²) >= 11 is 0. The van der Waals surface area contributed by atoms with Gasteiger partial charge in [-0.05, 0) is 46.0 Å². The Morgan fingerprint density at radius 3 is 2.65 bits per heavy atom. The topological polar surface area (TPSA) is 47.6 Å². The van der Waals surface area contributed by atoms with Crippen LogP contribution in [0.1, 0.15) is 40.0 Å². The molecule has 1 saturated carbocycles. The Labute approximate surface area is 103 Å². The van der Waals surface area contributed by atoms with Gasteiger partial charge in [0.1, 0.15) is 5.60 Å². The van der Waals surface area contributed by atoms with Gasteiger partial charge in [0.25, 0.3) is 0 Å². The van der Waals surface area contributed by atoms with Crippen LogP contribution in [-0.4, -0.2) is 36.9 Å². The summed E-state index contributed by atoms with van der Waals surface area (Å²) in [6.45, 7) is 6.76. The van der Waals surface area contributed by atoms with E-state index < -0.39 is 5.60 Å². The maximum absolute atomic E-state index is 11.6. The minimum atomic E-state index is -0.402. The standard InChI is InChI=1S/C13H23NO3/c1-13(2,3)17-11(15)8-14-10-6-7-16-12(10)9-4-5-9/h9-10,12,14H,4-8H2,1-3H3. The average molecular weight is 241 g/mol. The van der Waals surface area contributed by atoms with Crippen molar-refractivity contribution >= 4 is 5.97 Å². The number of ether oxygens (including phenoxy) is 2. The number of hydrogen-bond donors (Lipinski definition) is 1. The van der Waals surface area contributed by atoms with Crippen molar-refractivity contribution in [1.82, 2.24) is 5.32 Å². The minimum Gasteiger partial charge on any atom is -0.459 e. The highest BCUT2D eigenvalue weighted by Crippen LogP contribution is 2.38. The van der Waals surface area contributed by atoms with E-state index in [0.717, 1.165) is 13.0 Å². The molecule has 4 heteroatoms. The molecule has 0 bridgehead atoms. The van der Waals surface area contributed by atoms with Crippen molar-refractivity contribution in [3.63, 3.8) is 0 Å². The Bertz CT molecular complexity index is 281. The monoisotopic (exact) mass is 241 g/mol. The van der Waals surface area contributed by atoms with Gasteiger partial charge in [-0.1, -0.05) is 0 Å². The molecule has 0 spiro atoms. The summed E-state index contributed by atoms with van der Waals surface area (Å²) in [6, 6.07) is 0.329. The Balaban J connectivity index is 1.72. The summed E-state index contributed by atoms with van der Waals surface area (Å²) in [4.78, 5) is 11.6. The van der Waals surface area contributed by atoms with Crippen LogP contribution in [0.4, 0.5) is 0 Å². The molecule has 2 unspecified atom stereocenters. The predicted octanol–water partition coefficient (Wildman–Crippen LogP) is 1.49. The third-order valence-electron chi connectivity index (χ3n) is 3.15. The number of carbonyl (C=O) groups is 1. The van der Waals surface area contributed by atoms with Gasteiger partial charge < -0.3 is 14.8 Å². The van der Waals surface area contributed by atoms with Gasteiger partial charge in [-0.25, -0.2) is 0 Å². The lowest BCUT2D eigenvalue weighted by atomic mass is 10.1. The molecule has 0 aromatic heterocycles. The molecule has 2 fully saturated rings. The van der Waals surface area contributed by atoms with Crippen LogP contribution in [0.15, 0.2) is 0 Å². The molecular formula is C13H23NO3. The van der Waals surface area contributed by atoms with Gasteiger partial charge in [-0.15, -0.1) is 0 Å². The zero-order chi connectivity index (χ0) is 12.5. The van der Waals surface area contributed by atoms with Crippen molar-refractivity contribution < 1.29 is 14.3 Å². The molecule has 98 valence electrons. The third kappa shape index (κ3) is 3.96. The van der Waals surface area contributed by atoms with Crippen LogP contribution in [0.25, 0.3) is 0 Å². The van der Waals surface area contributed by atoms with Crippen molar-refractivity contribution in [2.75, 3.05) is 13.2 Å². The molecule has 0 amide bonds. The third-order valence-corrected chi connectivity index (χ3v) is 3.15.